The van der Waals surface area contributed by atoms with Crippen LogP contribution in [0, 0.1) is 0 Å². The Kier molecular flexibility index (Phi) is 6.67. The zero-order valence-corrected chi connectivity index (χ0v) is 23.0. The number of aliphatic carboxylic acids is 1. The average Bonchev–Trinajstić information content (AvgIpc) is 3.32. The van der Waals surface area contributed by atoms with Gasteiger partial charge in [0.15, 0.2) is 6.10 Å². The quantitative estimate of drug-likeness (QED) is 0.354. The number of ether oxygens (including phenoxy) is 2. The number of carboxylic acids is 1. The van der Waals surface area contributed by atoms with Crippen molar-refractivity contribution in [3.63, 3.8) is 0 Å². The summed E-state index contributed by atoms with van der Waals surface area (Å²) in [5.41, 5.74) is 1.16. The maximum absolute atomic E-state index is 13.2. The van der Waals surface area contributed by atoms with Crippen LogP contribution in [-0.2, 0) is 37.6 Å². The lowest BCUT2D eigenvalue weighted by Crippen LogP contribution is -2.74. The molecule has 6 atom stereocenters. The number of hydrogen-bond acceptors (Lipinski definition) is 8. The minimum atomic E-state index is -1.49. The first-order valence-corrected chi connectivity index (χ1v) is 13.9. The van der Waals surface area contributed by atoms with Crippen molar-refractivity contribution < 1.29 is 39.2 Å². The van der Waals surface area contributed by atoms with Gasteiger partial charge in [0.1, 0.15) is 17.6 Å². The Labute approximate surface area is 237 Å². The number of piperidine rings is 1. The zero-order valence-electron chi connectivity index (χ0n) is 23.0. The van der Waals surface area contributed by atoms with E-state index < -0.39 is 53.3 Å². The van der Waals surface area contributed by atoms with Gasteiger partial charge >= 0.3 is 11.9 Å². The molecule has 0 saturated carbocycles. The van der Waals surface area contributed by atoms with Crippen molar-refractivity contribution >= 4 is 17.8 Å². The molecule has 2 aromatic rings. The highest BCUT2D eigenvalue weighted by molar-refractivity contribution is 5.90. The Morgan fingerprint density at radius 2 is 1.95 bits per heavy atom. The van der Waals surface area contributed by atoms with E-state index in [4.69, 9.17) is 9.47 Å². The molecule has 1 fully saturated rings. The minimum absolute atomic E-state index is 0.174. The molecule has 10 heteroatoms. The topological polar surface area (TPSA) is 146 Å². The molecule has 216 valence electrons. The van der Waals surface area contributed by atoms with Gasteiger partial charge in [0.25, 0.3) is 0 Å². The molecule has 4 aliphatic rings. The Morgan fingerprint density at radius 1 is 1.20 bits per heavy atom. The fraction of sp³-hybridized carbons (Fsp3) is 0.452. The summed E-state index contributed by atoms with van der Waals surface area (Å²) in [6.07, 6.45) is 1.66. The molecular weight excluding hydrogens is 528 g/mol. The van der Waals surface area contributed by atoms with E-state index in [1.807, 2.05) is 25.2 Å². The fourth-order valence-corrected chi connectivity index (χ4v) is 7.36. The number of esters is 1. The first kappa shape index (κ1) is 27.4. The lowest BCUT2D eigenvalue weighted by Gasteiger charge is -2.61. The number of likely N-dealkylation sites (N-methyl/N-ethyl adjacent to an activating group) is 1. The number of nitrogens with zero attached hydrogens (tertiary/aromatic N) is 1. The fourth-order valence-electron chi connectivity index (χ4n) is 7.36. The van der Waals surface area contributed by atoms with E-state index in [0.717, 1.165) is 16.7 Å². The van der Waals surface area contributed by atoms with E-state index in [1.54, 1.807) is 37.3 Å². The van der Waals surface area contributed by atoms with Crippen LogP contribution >= 0.6 is 0 Å². The lowest BCUT2D eigenvalue weighted by atomic mass is 9.50. The van der Waals surface area contributed by atoms with Gasteiger partial charge in [0.05, 0.1) is 30.0 Å². The number of carboxylic acid groups (broad SMARTS) is 1. The molecule has 1 saturated heterocycles. The number of carbonyl (C=O) groups excluding carboxylic acids is 2. The summed E-state index contributed by atoms with van der Waals surface area (Å²) in [6, 6.07) is 11.1. The smallest absolute Gasteiger partial charge is 0.326 e. The second kappa shape index (κ2) is 9.97. The molecule has 2 aliphatic carbocycles. The van der Waals surface area contributed by atoms with Crippen LogP contribution < -0.4 is 10.1 Å². The molecule has 4 N–H and O–H groups in total. The SMILES string of the molecule is C[C@H](C(=O)N[C@@H](CC(=O)OC1=CC[C@@]2(O)[C@H]3Cc4ccc(CO)c5c4C2(CCN3C)C1O5)C(=O)O)c1ccccc1. The summed E-state index contributed by atoms with van der Waals surface area (Å²) in [5, 5.41) is 34.6. The van der Waals surface area contributed by atoms with Gasteiger partial charge in [-0.15, -0.1) is 0 Å². The Bertz CT molecular complexity index is 1440. The standard InChI is InChI=1S/C31H34N2O8/c1-17(18-6-4-3-5-7-18)28(36)32-21(29(37)38)15-24(35)40-22-10-11-31(39)23-14-19-8-9-20(16-34)26-25(19)30(31,27(22)41-26)12-13-33(23)2/h3-10,17,21,23,27,34,39H,11-16H2,1-2H3,(H,32,36)(H,37,38)/t17-,21-,23+,27?,30?,31+/m0/s1. The van der Waals surface area contributed by atoms with Gasteiger partial charge in [-0.05, 0) is 50.6 Å². The molecule has 1 spiro atoms. The van der Waals surface area contributed by atoms with Gasteiger partial charge in [0, 0.05) is 23.6 Å². The molecule has 41 heavy (non-hydrogen) atoms. The van der Waals surface area contributed by atoms with Crippen LogP contribution in [-0.4, -0.2) is 75.4 Å². The van der Waals surface area contributed by atoms with E-state index in [2.05, 4.69) is 10.2 Å². The molecule has 0 radical (unpaired) electrons. The van der Waals surface area contributed by atoms with Crippen LogP contribution in [0.2, 0.25) is 0 Å². The monoisotopic (exact) mass is 562 g/mol. The number of amides is 1. The summed E-state index contributed by atoms with van der Waals surface area (Å²) in [7, 11) is 1.99. The van der Waals surface area contributed by atoms with Crippen LogP contribution in [0.5, 0.6) is 5.75 Å². The van der Waals surface area contributed by atoms with E-state index in [9.17, 15) is 29.7 Å². The highest BCUT2D eigenvalue weighted by Gasteiger charge is 2.71. The van der Waals surface area contributed by atoms with Crippen LogP contribution in [0.4, 0.5) is 0 Å². The number of rotatable bonds is 8. The summed E-state index contributed by atoms with van der Waals surface area (Å²) < 4.78 is 12.2. The summed E-state index contributed by atoms with van der Waals surface area (Å²) in [4.78, 5) is 40.1. The largest absolute Gasteiger partial charge is 0.481 e. The minimum Gasteiger partial charge on any atom is -0.481 e. The predicted octanol–water partition coefficient (Wildman–Crippen LogP) is 1.76. The van der Waals surface area contributed by atoms with E-state index >= 15 is 0 Å². The second-order valence-corrected chi connectivity index (χ2v) is 11.6. The zero-order chi connectivity index (χ0) is 29.1. The van der Waals surface area contributed by atoms with E-state index in [0.29, 0.717) is 30.7 Å². The second-order valence-electron chi connectivity index (χ2n) is 11.6. The summed E-state index contributed by atoms with van der Waals surface area (Å²) >= 11 is 0. The van der Waals surface area contributed by atoms with Crippen LogP contribution in [0.3, 0.4) is 0 Å². The van der Waals surface area contributed by atoms with Crippen molar-refractivity contribution in [1.82, 2.24) is 10.2 Å². The van der Waals surface area contributed by atoms with Gasteiger partial charge in [0.2, 0.25) is 5.91 Å². The van der Waals surface area contributed by atoms with Crippen molar-refractivity contribution in [1.29, 1.82) is 0 Å². The molecule has 2 aliphatic heterocycles. The van der Waals surface area contributed by atoms with Crippen LogP contribution in [0.15, 0.2) is 54.3 Å². The molecule has 6 rings (SSSR count). The van der Waals surface area contributed by atoms with Crippen molar-refractivity contribution in [2.75, 3.05) is 13.6 Å². The highest BCUT2D eigenvalue weighted by atomic mass is 16.6. The average molecular weight is 563 g/mol. The van der Waals surface area contributed by atoms with Gasteiger partial charge in [-0.3, -0.25) is 9.59 Å². The molecular formula is C31H34N2O8. The lowest BCUT2D eigenvalue weighted by molar-refractivity contribution is -0.169. The molecule has 2 heterocycles. The van der Waals surface area contributed by atoms with Crippen LogP contribution in [0.1, 0.15) is 54.4 Å². The number of aliphatic hydroxyl groups is 2. The molecule has 2 aromatic carbocycles. The highest BCUT2D eigenvalue weighted by Crippen LogP contribution is 2.64. The molecule has 0 aromatic heterocycles. The van der Waals surface area contributed by atoms with Gasteiger partial charge < -0.3 is 35.0 Å². The number of aliphatic hydroxyl groups excluding tert-OH is 1. The van der Waals surface area contributed by atoms with E-state index in [1.165, 1.54) is 0 Å². The number of carbonyl (C=O) groups is 3. The van der Waals surface area contributed by atoms with Gasteiger partial charge in [-0.2, -0.15) is 0 Å². The first-order chi connectivity index (χ1) is 19.6. The summed E-state index contributed by atoms with van der Waals surface area (Å²) in [5.74, 6) is -2.59. The Morgan fingerprint density at radius 3 is 2.66 bits per heavy atom. The van der Waals surface area contributed by atoms with E-state index in [-0.39, 0.29) is 24.8 Å². The number of benzene rings is 2. The number of hydrogen-bond donors (Lipinski definition) is 4. The van der Waals surface area contributed by atoms with Gasteiger partial charge in [-0.1, -0.05) is 42.5 Å². The third kappa shape index (κ3) is 4.07. The first-order valence-electron chi connectivity index (χ1n) is 13.9. The maximum Gasteiger partial charge on any atom is 0.326 e. The Hall–Kier alpha value is -3.73. The van der Waals surface area contributed by atoms with Crippen molar-refractivity contribution in [3.8, 4) is 5.75 Å². The van der Waals surface area contributed by atoms with Crippen molar-refractivity contribution in [3.05, 3.63) is 76.6 Å². The number of nitrogens with one attached hydrogen (secondary N) is 1. The van der Waals surface area contributed by atoms with Crippen LogP contribution in [0.25, 0.3) is 0 Å². The molecule has 2 unspecified atom stereocenters. The maximum atomic E-state index is 13.2. The molecule has 10 nitrogen and oxygen atoms in total. The molecule has 2 bridgehead atoms. The molecule has 1 amide bonds. The number of likely N-dealkylation sites (tertiary alicyclic amines) is 1. The normalized spacial score (nSPS) is 28.9. The third-order valence-electron chi connectivity index (χ3n) is 9.54. The third-order valence-corrected chi connectivity index (χ3v) is 9.54. The van der Waals surface area contributed by atoms with Gasteiger partial charge in [-0.25, -0.2) is 4.79 Å². The Balaban J connectivity index is 1.25. The van der Waals surface area contributed by atoms with Crippen molar-refractivity contribution in [2.24, 2.45) is 0 Å². The van der Waals surface area contributed by atoms with Crippen molar-refractivity contribution in [2.45, 2.75) is 74.3 Å². The summed E-state index contributed by atoms with van der Waals surface area (Å²) in [6.45, 7) is 2.12. The predicted molar refractivity (Wildman–Crippen MR) is 146 cm³/mol.